The van der Waals surface area contributed by atoms with Crippen molar-refractivity contribution >= 4 is 0 Å². The third kappa shape index (κ3) is 3.32. The largest absolute Gasteiger partial charge is 0.496 e. The lowest BCUT2D eigenvalue weighted by atomic mass is 10.0. The zero-order valence-corrected chi connectivity index (χ0v) is 12.1. The first-order valence-electron chi connectivity index (χ1n) is 7.15. The summed E-state index contributed by atoms with van der Waals surface area (Å²) in [4.78, 5) is 0. The highest BCUT2D eigenvalue weighted by molar-refractivity contribution is 5.31. The second-order valence-electron chi connectivity index (χ2n) is 4.87. The monoisotopic (exact) mass is 261 g/mol. The standard InChI is InChI=1S/C15H23N3O/c1-4-8-16-15(14-7-6-9-19-14)12-10-11(3)17-18-13(12)5-2/h7,10,15-16H,4-6,8-9H2,1-3H3. The number of hydrogen-bond donors (Lipinski definition) is 1. The van der Waals surface area contributed by atoms with Crippen LogP contribution in [-0.2, 0) is 11.2 Å². The maximum atomic E-state index is 5.76. The Bertz CT molecular complexity index is 457. The Morgan fingerprint density at radius 2 is 2.21 bits per heavy atom. The molecular weight excluding hydrogens is 238 g/mol. The van der Waals surface area contributed by atoms with Gasteiger partial charge in [-0.1, -0.05) is 13.8 Å². The first-order chi connectivity index (χ1) is 9.26. The summed E-state index contributed by atoms with van der Waals surface area (Å²) in [6, 6.07) is 2.24. The van der Waals surface area contributed by atoms with Crippen LogP contribution in [0.4, 0.5) is 0 Å². The minimum Gasteiger partial charge on any atom is -0.496 e. The van der Waals surface area contributed by atoms with Crippen LogP contribution in [0.1, 0.15) is 49.7 Å². The highest BCUT2D eigenvalue weighted by Gasteiger charge is 2.23. The summed E-state index contributed by atoms with van der Waals surface area (Å²) < 4.78 is 5.76. The average Bonchev–Trinajstić information content (AvgIpc) is 2.93. The topological polar surface area (TPSA) is 47.0 Å². The first kappa shape index (κ1) is 14.0. The highest BCUT2D eigenvalue weighted by Crippen LogP contribution is 2.28. The molecule has 1 aromatic rings. The Kier molecular flexibility index (Phi) is 4.91. The number of aryl methyl sites for hydroxylation is 2. The molecule has 0 bridgehead atoms. The van der Waals surface area contributed by atoms with Crippen molar-refractivity contribution in [2.24, 2.45) is 0 Å². The smallest absolute Gasteiger partial charge is 0.114 e. The fraction of sp³-hybridized carbons (Fsp3) is 0.600. The van der Waals surface area contributed by atoms with Crippen molar-refractivity contribution in [3.8, 4) is 0 Å². The molecule has 0 saturated carbocycles. The van der Waals surface area contributed by atoms with Crippen molar-refractivity contribution in [1.82, 2.24) is 15.5 Å². The van der Waals surface area contributed by atoms with Crippen LogP contribution >= 0.6 is 0 Å². The van der Waals surface area contributed by atoms with Crippen LogP contribution in [0.3, 0.4) is 0 Å². The van der Waals surface area contributed by atoms with Crippen molar-refractivity contribution in [3.63, 3.8) is 0 Å². The molecule has 1 unspecified atom stereocenters. The molecule has 4 nitrogen and oxygen atoms in total. The molecule has 1 aromatic heterocycles. The van der Waals surface area contributed by atoms with Crippen LogP contribution in [0.25, 0.3) is 0 Å². The lowest BCUT2D eigenvalue weighted by Gasteiger charge is -2.22. The van der Waals surface area contributed by atoms with E-state index in [-0.39, 0.29) is 6.04 Å². The molecule has 1 aliphatic heterocycles. The van der Waals surface area contributed by atoms with E-state index in [9.17, 15) is 0 Å². The maximum absolute atomic E-state index is 5.76. The number of nitrogens with one attached hydrogen (secondary N) is 1. The van der Waals surface area contributed by atoms with E-state index in [0.29, 0.717) is 0 Å². The molecule has 0 radical (unpaired) electrons. The van der Waals surface area contributed by atoms with Gasteiger partial charge in [0.05, 0.1) is 24.0 Å². The van der Waals surface area contributed by atoms with Crippen LogP contribution in [0.5, 0.6) is 0 Å². The number of hydrogen-bond acceptors (Lipinski definition) is 4. The molecule has 0 amide bonds. The summed E-state index contributed by atoms with van der Waals surface area (Å²) in [5.41, 5.74) is 3.21. The predicted molar refractivity (Wildman–Crippen MR) is 75.8 cm³/mol. The lowest BCUT2D eigenvalue weighted by molar-refractivity contribution is 0.215. The molecule has 0 aliphatic carbocycles. The van der Waals surface area contributed by atoms with Gasteiger partial charge in [-0.25, -0.2) is 0 Å². The van der Waals surface area contributed by atoms with Crippen molar-refractivity contribution in [3.05, 3.63) is 34.9 Å². The van der Waals surface area contributed by atoms with Gasteiger partial charge in [-0.2, -0.15) is 10.2 Å². The Hall–Kier alpha value is -1.42. The SMILES string of the molecule is CCCNC(C1=CCCO1)c1cc(C)nnc1CC. The summed E-state index contributed by atoms with van der Waals surface area (Å²) in [6.45, 7) is 8.03. The fourth-order valence-electron chi connectivity index (χ4n) is 2.35. The van der Waals surface area contributed by atoms with Gasteiger partial charge in [-0.05, 0) is 38.5 Å². The maximum Gasteiger partial charge on any atom is 0.114 e. The molecule has 4 heteroatoms. The normalized spacial score (nSPS) is 16.1. The molecule has 19 heavy (non-hydrogen) atoms. The summed E-state index contributed by atoms with van der Waals surface area (Å²) >= 11 is 0. The van der Waals surface area contributed by atoms with Crippen molar-refractivity contribution in [1.29, 1.82) is 0 Å². The molecule has 2 rings (SSSR count). The van der Waals surface area contributed by atoms with Gasteiger partial charge in [0.15, 0.2) is 0 Å². The zero-order chi connectivity index (χ0) is 13.7. The third-order valence-corrected chi connectivity index (χ3v) is 3.29. The summed E-state index contributed by atoms with van der Waals surface area (Å²) in [5, 5.41) is 12.1. The minimum atomic E-state index is 0.117. The Labute approximate surface area is 115 Å². The summed E-state index contributed by atoms with van der Waals surface area (Å²) in [7, 11) is 0. The highest BCUT2D eigenvalue weighted by atomic mass is 16.5. The van der Waals surface area contributed by atoms with Gasteiger partial charge >= 0.3 is 0 Å². The van der Waals surface area contributed by atoms with E-state index in [1.807, 2.05) is 6.92 Å². The molecule has 0 spiro atoms. The van der Waals surface area contributed by atoms with E-state index in [4.69, 9.17) is 4.74 Å². The molecule has 1 aliphatic rings. The van der Waals surface area contributed by atoms with E-state index in [1.165, 1.54) is 5.56 Å². The Morgan fingerprint density at radius 3 is 2.84 bits per heavy atom. The molecule has 0 aromatic carbocycles. The van der Waals surface area contributed by atoms with Gasteiger partial charge in [0.25, 0.3) is 0 Å². The van der Waals surface area contributed by atoms with Gasteiger partial charge in [-0.15, -0.1) is 0 Å². The Balaban J connectivity index is 2.33. The van der Waals surface area contributed by atoms with Gasteiger partial charge in [-0.3, -0.25) is 0 Å². The predicted octanol–water partition coefficient (Wildman–Crippen LogP) is 2.69. The number of nitrogens with zero attached hydrogens (tertiary/aromatic N) is 2. The zero-order valence-electron chi connectivity index (χ0n) is 12.1. The quantitative estimate of drug-likeness (QED) is 0.855. The molecule has 2 heterocycles. The van der Waals surface area contributed by atoms with E-state index in [0.717, 1.165) is 49.6 Å². The van der Waals surface area contributed by atoms with Gasteiger partial charge in [0, 0.05) is 12.0 Å². The molecule has 104 valence electrons. The molecular formula is C15H23N3O. The van der Waals surface area contributed by atoms with Crippen LogP contribution < -0.4 is 5.32 Å². The van der Waals surface area contributed by atoms with Crippen molar-refractivity contribution < 1.29 is 4.74 Å². The third-order valence-electron chi connectivity index (χ3n) is 3.29. The first-order valence-corrected chi connectivity index (χ1v) is 7.15. The second-order valence-corrected chi connectivity index (χ2v) is 4.87. The van der Waals surface area contributed by atoms with Gasteiger partial charge < -0.3 is 10.1 Å². The van der Waals surface area contributed by atoms with Crippen molar-refractivity contribution in [2.75, 3.05) is 13.2 Å². The van der Waals surface area contributed by atoms with Crippen LogP contribution in [-0.4, -0.2) is 23.3 Å². The summed E-state index contributed by atoms with van der Waals surface area (Å²) in [6.07, 6.45) is 5.17. The van der Waals surface area contributed by atoms with Gasteiger partial charge in [0.2, 0.25) is 0 Å². The van der Waals surface area contributed by atoms with E-state index >= 15 is 0 Å². The number of ether oxygens (including phenoxy) is 1. The van der Waals surface area contributed by atoms with Crippen LogP contribution in [0.2, 0.25) is 0 Å². The average molecular weight is 261 g/mol. The summed E-state index contributed by atoms with van der Waals surface area (Å²) in [5.74, 6) is 1.04. The minimum absolute atomic E-state index is 0.117. The number of rotatable bonds is 6. The van der Waals surface area contributed by atoms with E-state index in [1.54, 1.807) is 0 Å². The van der Waals surface area contributed by atoms with Crippen LogP contribution in [0, 0.1) is 6.92 Å². The van der Waals surface area contributed by atoms with Gasteiger partial charge in [0.1, 0.15) is 5.76 Å². The lowest BCUT2D eigenvalue weighted by Crippen LogP contribution is -2.26. The second kappa shape index (κ2) is 6.66. The molecule has 1 atom stereocenters. The van der Waals surface area contributed by atoms with E-state index in [2.05, 4.69) is 41.5 Å². The molecule has 0 fully saturated rings. The molecule has 1 N–H and O–H groups in total. The molecule has 0 saturated heterocycles. The van der Waals surface area contributed by atoms with Crippen molar-refractivity contribution in [2.45, 2.75) is 46.1 Å². The number of aromatic nitrogens is 2. The van der Waals surface area contributed by atoms with E-state index < -0.39 is 0 Å². The van der Waals surface area contributed by atoms with Crippen LogP contribution in [0.15, 0.2) is 17.9 Å². The fourth-order valence-corrected chi connectivity index (χ4v) is 2.35. The Morgan fingerprint density at radius 1 is 1.37 bits per heavy atom.